The minimum atomic E-state index is 0.622. The van der Waals surface area contributed by atoms with Crippen LogP contribution >= 0.6 is 0 Å². The molecule has 0 radical (unpaired) electrons. The first-order valence-electron chi connectivity index (χ1n) is 7.51. The number of hydrogen-bond acceptors (Lipinski definition) is 4. The van der Waals surface area contributed by atoms with E-state index in [1.54, 1.807) is 7.11 Å². The molecule has 1 aromatic heterocycles. The molecule has 1 aliphatic carbocycles. The Balaban J connectivity index is 1.92. The van der Waals surface area contributed by atoms with E-state index < -0.39 is 0 Å². The van der Waals surface area contributed by atoms with E-state index in [-0.39, 0.29) is 0 Å². The normalized spacial score (nSPS) is 14.2. The van der Waals surface area contributed by atoms with Crippen molar-refractivity contribution in [1.29, 1.82) is 0 Å². The van der Waals surface area contributed by atoms with Crippen LogP contribution in [0.2, 0.25) is 0 Å². The standard InChI is InChI=1S/C17H21N3O/c1-3-18-16-10-15(13-8-9-13)19-17(20-16)14-6-4-12(5-7-14)11-21-2/h4-7,10,13H,3,8-9,11H2,1-2H3,(H,18,19,20). The molecule has 0 saturated heterocycles. The molecular weight excluding hydrogens is 262 g/mol. The van der Waals surface area contributed by atoms with E-state index in [0.717, 1.165) is 35.0 Å². The lowest BCUT2D eigenvalue weighted by atomic mass is 10.1. The highest BCUT2D eigenvalue weighted by Crippen LogP contribution is 2.40. The molecule has 2 aromatic rings. The van der Waals surface area contributed by atoms with Gasteiger partial charge in [0.25, 0.3) is 0 Å². The molecule has 1 saturated carbocycles. The second-order valence-electron chi connectivity index (χ2n) is 5.44. The number of nitrogens with one attached hydrogen (secondary N) is 1. The molecule has 4 heteroatoms. The Morgan fingerprint density at radius 2 is 1.95 bits per heavy atom. The van der Waals surface area contributed by atoms with E-state index >= 15 is 0 Å². The molecule has 3 rings (SSSR count). The maximum atomic E-state index is 5.14. The highest BCUT2D eigenvalue weighted by Gasteiger charge is 2.26. The van der Waals surface area contributed by atoms with Crippen LogP contribution in [-0.2, 0) is 11.3 Å². The summed E-state index contributed by atoms with van der Waals surface area (Å²) in [5, 5.41) is 3.30. The van der Waals surface area contributed by atoms with Crippen LogP contribution in [0.25, 0.3) is 11.4 Å². The average molecular weight is 283 g/mol. The molecular formula is C17H21N3O. The summed E-state index contributed by atoms with van der Waals surface area (Å²) >= 11 is 0. The van der Waals surface area contributed by atoms with Crippen molar-refractivity contribution < 1.29 is 4.74 Å². The molecule has 21 heavy (non-hydrogen) atoms. The van der Waals surface area contributed by atoms with Crippen LogP contribution in [0.4, 0.5) is 5.82 Å². The Hall–Kier alpha value is -1.94. The predicted molar refractivity (Wildman–Crippen MR) is 84.3 cm³/mol. The van der Waals surface area contributed by atoms with Crippen LogP contribution in [0.1, 0.15) is 36.9 Å². The van der Waals surface area contributed by atoms with Crippen molar-refractivity contribution in [1.82, 2.24) is 9.97 Å². The molecule has 0 bridgehead atoms. The van der Waals surface area contributed by atoms with E-state index in [1.807, 2.05) is 0 Å². The fourth-order valence-electron chi connectivity index (χ4n) is 2.37. The van der Waals surface area contributed by atoms with Crippen LogP contribution in [0, 0.1) is 0 Å². The van der Waals surface area contributed by atoms with Crippen LogP contribution in [-0.4, -0.2) is 23.6 Å². The van der Waals surface area contributed by atoms with Crippen molar-refractivity contribution in [2.75, 3.05) is 19.0 Å². The van der Waals surface area contributed by atoms with E-state index in [1.165, 1.54) is 12.8 Å². The summed E-state index contributed by atoms with van der Waals surface area (Å²) in [6.45, 7) is 3.58. The smallest absolute Gasteiger partial charge is 0.161 e. The quantitative estimate of drug-likeness (QED) is 0.880. The summed E-state index contributed by atoms with van der Waals surface area (Å²) in [5.41, 5.74) is 3.37. The first kappa shape index (κ1) is 14.0. The van der Waals surface area contributed by atoms with Gasteiger partial charge in [-0.15, -0.1) is 0 Å². The minimum absolute atomic E-state index is 0.622. The van der Waals surface area contributed by atoms with Gasteiger partial charge in [-0.05, 0) is 25.3 Å². The number of nitrogens with zero attached hydrogens (tertiary/aromatic N) is 2. The lowest BCUT2D eigenvalue weighted by Crippen LogP contribution is -2.03. The number of anilines is 1. The zero-order valence-electron chi connectivity index (χ0n) is 12.6. The van der Waals surface area contributed by atoms with Crippen molar-refractivity contribution >= 4 is 5.82 Å². The number of hydrogen-bond donors (Lipinski definition) is 1. The third kappa shape index (κ3) is 3.39. The first-order chi connectivity index (χ1) is 10.3. The van der Waals surface area contributed by atoms with Gasteiger partial charge in [0.05, 0.1) is 6.61 Å². The van der Waals surface area contributed by atoms with Crippen molar-refractivity contribution in [2.45, 2.75) is 32.3 Å². The second-order valence-corrected chi connectivity index (χ2v) is 5.44. The number of methoxy groups -OCH3 is 1. The van der Waals surface area contributed by atoms with Crippen molar-refractivity contribution in [3.63, 3.8) is 0 Å². The monoisotopic (exact) mass is 283 g/mol. The van der Waals surface area contributed by atoms with Gasteiger partial charge in [-0.2, -0.15) is 0 Å². The summed E-state index contributed by atoms with van der Waals surface area (Å²) in [6, 6.07) is 10.4. The molecule has 1 aromatic carbocycles. The van der Waals surface area contributed by atoms with Crippen LogP contribution < -0.4 is 5.32 Å². The molecule has 0 unspecified atom stereocenters. The zero-order chi connectivity index (χ0) is 14.7. The summed E-state index contributed by atoms with van der Waals surface area (Å²) in [7, 11) is 1.71. The molecule has 0 aliphatic heterocycles. The fraction of sp³-hybridized carbons (Fsp3) is 0.412. The topological polar surface area (TPSA) is 47.0 Å². The van der Waals surface area contributed by atoms with Gasteiger partial charge in [-0.1, -0.05) is 24.3 Å². The average Bonchev–Trinajstić information content (AvgIpc) is 3.33. The lowest BCUT2D eigenvalue weighted by Gasteiger charge is -2.09. The molecule has 0 amide bonds. The number of rotatable bonds is 6. The first-order valence-corrected chi connectivity index (χ1v) is 7.51. The Morgan fingerprint density at radius 1 is 1.19 bits per heavy atom. The third-order valence-corrected chi connectivity index (χ3v) is 3.62. The van der Waals surface area contributed by atoms with Gasteiger partial charge in [0, 0.05) is 36.9 Å². The maximum Gasteiger partial charge on any atom is 0.161 e. The van der Waals surface area contributed by atoms with Gasteiger partial charge in [-0.3, -0.25) is 0 Å². The van der Waals surface area contributed by atoms with Gasteiger partial charge in [0.15, 0.2) is 5.82 Å². The predicted octanol–water partition coefficient (Wildman–Crippen LogP) is 3.60. The molecule has 1 fully saturated rings. The highest BCUT2D eigenvalue weighted by atomic mass is 16.5. The molecule has 1 aliphatic rings. The Morgan fingerprint density at radius 3 is 2.57 bits per heavy atom. The van der Waals surface area contributed by atoms with Gasteiger partial charge >= 0.3 is 0 Å². The summed E-state index contributed by atoms with van der Waals surface area (Å²) in [6.07, 6.45) is 2.49. The summed E-state index contributed by atoms with van der Waals surface area (Å²) in [5.74, 6) is 2.35. The minimum Gasteiger partial charge on any atom is -0.380 e. The molecule has 1 N–H and O–H groups in total. The molecule has 0 spiro atoms. The van der Waals surface area contributed by atoms with Crippen molar-refractivity contribution in [3.8, 4) is 11.4 Å². The van der Waals surface area contributed by atoms with Gasteiger partial charge in [-0.25, -0.2) is 9.97 Å². The second kappa shape index (κ2) is 6.22. The van der Waals surface area contributed by atoms with E-state index in [2.05, 4.69) is 47.6 Å². The molecule has 110 valence electrons. The fourth-order valence-corrected chi connectivity index (χ4v) is 2.37. The molecule has 1 heterocycles. The summed E-state index contributed by atoms with van der Waals surface area (Å²) in [4.78, 5) is 9.37. The lowest BCUT2D eigenvalue weighted by molar-refractivity contribution is 0.185. The Kier molecular flexibility index (Phi) is 4.15. The van der Waals surface area contributed by atoms with Crippen LogP contribution in [0.15, 0.2) is 30.3 Å². The number of ether oxygens (including phenoxy) is 1. The molecule has 0 atom stereocenters. The summed E-state index contributed by atoms with van der Waals surface area (Å²) < 4.78 is 5.14. The van der Waals surface area contributed by atoms with Gasteiger partial charge < -0.3 is 10.1 Å². The van der Waals surface area contributed by atoms with Crippen molar-refractivity contribution in [3.05, 3.63) is 41.6 Å². The van der Waals surface area contributed by atoms with E-state index in [4.69, 9.17) is 9.72 Å². The number of aromatic nitrogens is 2. The van der Waals surface area contributed by atoms with Gasteiger partial charge in [0.1, 0.15) is 5.82 Å². The van der Waals surface area contributed by atoms with Gasteiger partial charge in [0.2, 0.25) is 0 Å². The molecule has 4 nitrogen and oxygen atoms in total. The zero-order valence-corrected chi connectivity index (χ0v) is 12.6. The largest absolute Gasteiger partial charge is 0.380 e. The van der Waals surface area contributed by atoms with Crippen molar-refractivity contribution in [2.24, 2.45) is 0 Å². The highest BCUT2D eigenvalue weighted by molar-refractivity contribution is 5.58. The van der Waals surface area contributed by atoms with E-state index in [9.17, 15) is 0 Å². The third-order valence-electron chi connectivity index (χ3n) is 3.62. The maximum absolute atomic E-state index is 5.14. The van der Waals surface area contributed by atoms with Crippen LogP contribution in [0.3, 0.4) is 0 Å². The Labute approximate surface area is 125 Å². The Bertz CT molecular complexity index is 606. The van der Waals surface area contributed by atoms with Crippen LogP contribution in [0.5, 0.6) is 0 Å². The SMILES string of the molecule is CCNc1cc(C2CC2)nc(-c2ccc(COC)cc2)n1. The van der Waals surface area contributed by atoms with E-state index in [0.29, 0.717) is 12.5 Å². The number of benzene rings is 1.